The van der Waals surface area contributed by atoms with Crippen LogP contribution in [-0.2, 0) is 32.1 Å². The summed E-state index contributed by atoms with van der Waals surface area (Å²) in [6, 6.07) is 15.9. The van der Waals surface area contributed by atoms with Gasteiger partial charge in [-0.25, -0.2) is 0 Å². The van der Waals surface area contributed by atoms with Crippen molar-refractivity contribution in [2.45, 2.75) is 83.0 Å². The molecule has 10 heteroatoms. The van der Waals surface area contributed by atoms with Gasteiger partial charge in [-0.2, -0.15) is 0 Å². The van der Waals surface area contributed by atoms with Gasteiger partial charge in [0, 0.05) is 45.1 Å². The number of carbonyl (C=O) groups excluding carboxylic acids is 3. The number of likely N-dealkylation sites (tertiary alicyclic amines) is 1. The van der Waals surface area contributed by atoms with E-state index in [0.29, 0.717) is 38.2 Å². The summed E-state index contributed by atoms with van der Waals surface area (Å²) in [5.74, 6) is 0.186. The fourth-order valence-electron chi connectivity index (χ4n) is 5.45. The third-order valence-electron chi connectivity index (χ3n) is 7.94. The molecule has 0 saturated carbocycles. The summed E-state index contributed by atoms with van der Waals surface area (Å²) in [4.78, 5) is 42.6. The second-order valence-electron chi connectivity index (χ2n) is 11.4. The van der Waals surface area contributed by atoms with Gasteiger partial charge >= 0.3 is 5.97 Å². The maximum Gasteiger partial charge on any atom is 0.305 e. The second kappa shape index (κ2) is 19.0. The average Bonchev–Trinajstić information content (AvgIpc) is 3.04. The van der Waals surface area contributed by atoms with Gasteiger partial charge in [-0.1, -0.05) is 42.5 Å². The van der Waals surface area contributed by atoms with Gasteiger partial charge in [-0.15, -0.1) is 0 Å². The zero-order chi connectivity index (χ0) is 31.7. The van der Waals surface area contributed by atoms with Gasteiger partial charge in [0.15, 0.2) is 0 Å². The van der Waals surface area contributed by atoms with Gasteiger partial charge in [0.2, 0.25) is 11.8 Å². The van der Waals surface area contributed by atoms with Gasteiger partial charge in [-0.05, 0) is 75.3 Å². The van der Waals surface area contributed by atoms with Crippen molar-refractivity contribution in [2.24, 2.45) is 5.73 Å². The Kier molecular flexibility index (Phi) is 15.1. The van der Waals surface area contributed by atoms with Crippen molar-refractivity contribution in [3.8, 4) is 5.75 Å². The molecule has 3 atom stereocenters. The van der Waals surface area contributed by atoms with Crippen molar-refractivity contribution >= 4 is 17.8 Å². The number of aliphatic hydroxyl groups is 1. The number of esters is 1. The maximum absolute atomic E-state index is 14.2. The summed E-state index contributed by atoms with van der Waals surface area (Å²) < 4.78 is 10.4. The van der Waals surface area contributed by atoms with E-state index in [4.69, 9.17) is 15.2 Å². The van der Waals surface area contributed by atoms with Crippen molar-refractivity contribution in [1.29, 1.82) is 0 Å². The Balaban J connectivity index is 1.77. The van der Waals surface area contributed by atoms with Gasteiger partial charge < -0.3 is 35.4 Å². The number of methoxy groups -OCH3 is 1. The number of nitrogens with zero attached hydrogens (tertiary/aromatic N) is 2. The Hall–Kier alpha value is -3.47. The molecule has 1 fully saturated rings. The molecule has 1 heterocycles. The van der Waals surface area contributed by atoms with Crippen LogP contribution >= 0.6 is 0 Å². The molecule has 2 amide bonds. The van der Waals surface area contributed by atoms with E-state index in [1.165, 1.54) is 0 Å². The third-order valence-corrected chi connectivity index (χ3v) is 7.94. The SMILES string of the molecule is CCOC(=O)CCCN[C@H](CCC(=O)N1CCCCC1)C(=O)N(Cc1cccc(OC)c1)C[C@@H](O)[C@@H](N)Cc1ccccc1. The lowest BCUT2D eigenvalue weighted by Crippen LogP contribution is -2.52. The summed E-state index contributed by atoms with van der Waals surface area (Å²) in [7, 11) is 1.59. The Morgan fingerprint density at radius 3 is 2.45 bits per heavy atom. The topological polar surface area (TPSA) is 134 Å². The average molecular weight is 611 g/mol. The van der Waals surface area contributed by atoms with Crippen LogP contribution in [0.3, 0.4) is 0 Å². The molecular weight excluding hydrogens is 560 g/mol. The Bertz CT molecular complexity index is 1160. The minimum Gasteiger partial charge on any atom is -0.497 e. The van der Waals surface area contributed by atoms with E-state index in [1.54, 1.807) is 18.9 Å². The van der Waals surface area contributed by atoms with Crippen molar-refractivity contribution in [1.82, 2.24) is 15.1 Å². The molecule has 242 valence electrons. The molecule has 0 radical (unpaired) electrons. The van der Waals surface area contributed by atoms with Crippen molar-refractivity contribution in [2.75, 3.05) is 39.9 Å². The Labute approximate surface area is 261 Å². The smallest absolute Gasteiger partial charge is 0.305 e. The van der Waals surface area contributed by atoms with Crippen LogP contribution in [0.15, 0.2) is 54.6 Å². The highest BCUT2D eigenvalue weighted by Gasteiger charge is 2.29. The number of rotatable bonds is 18. The number of aliphatic hydroxyl groups excluding tert-OH is 1. The largest absolute Gasteiger partial charge is 0.497 e. The number of carbonyl (C=O) groups is 3. The summed E-state index contributed by atoms with van der Waals surface area (Å²) in [5.41, 5.74) is 8.27. The van der Waals surface area contributed by atoms with Crippen LogP contribution in [0.2, 0.25) is 0 Å². The van der Waals surface area contributed by atoms with E-state index >= 15 is 0 Å². The van der Waals surface area contributed by atoms with Gasteiger partial charge in [-0.3, -0.25) is 14.4 Å². The quantitative estimate of drug-likeness (QED) is 0.173. The molecule has 1 aliphatic heterocycles. The lowest BCUT2D eigenvalue weighted by molar-refractivity contribution is -0.143. The highest BCUT2D eigenvalue weighted by Crippen LogP contribution is 2.18. The summed E-state index contributed by atoms with van der Waals surface area (Å²) in [5, 5.41) is 14.5. The number of hydrogen-bond donors (Lipinski definition) is 3. The molecule has 3 rings (SSSR count). The first-order valence-electron chi connectivity index (χ1n) is 15.9. The van der Waals surface area contributed by atoms with Crippen LogP contribution in [-0.4, -0.2) is 90.8 Å². The van der Waals surface area contributed by atoms with E-state index in [2.05, 4.69) is 5.32 Å². The van der Waals surface area contributed by atoms with E-state index in [-0.39, 0.29) is 43.7 Å². The van der Waals surface area contributed by atoms with Crippen LogP contribution in [0.1, 0.15) is 63.0 Å². The number of nitrogens with one attached hydrogen (secondary N) is 1. The molecular formula is C34H50N4O6. The number of ether oxygens (including phenoxy) is 2. The van der Waals surface area contributed by atoms with E-state index in [0.717, 1.165) is 43.5 Å². The molecule has 0 aliphatic carbocycles. The normalized spacial score (nSPS) is 15.2. The Morgan fingerprint density at radius 1 is 1.02 bits per heavy atom. The third kappa shape index (κ3) is 11.9. The number of piperidine rings is 1. The Morgan fingerprint density at radius 2 is 1.75 bits per heavy atom. The predicted molar refractivity (Wildman–Crippen MR) is 170 cm³/mol. The van der Waals surface area contributed by atoms with Gasteiger partial charge in [0.25, 0.3) is 0 Å². The minimum absolute atomic E-state index is 0.0190. The molecule has 4 N–H and O–H groups in total. The molecule has 0 spiro atoms. The van der Waals surface area contributed by atoms with Crippen LogP contribution in [0.25, 0.3) is 0 Å². The van der Waals surface area contributed by atoms with Crippen molar-refractivity contribution < 1.29 is 29.0 Å². The predicted octanol–water partition coefficient (Wildman–Crippen LogP) is 3.05. The summed E-state index contributed by atoms with van der Waals surface area (Å²) >= 11 is 0. The lowest BCUT2D eigenvalue weighted by Gasteiger charge is -2.32. The van der Waals surface area contributed by atoms with Crippen LogP contribution in [0, 0.1) is 0 Å². The lowest BCUT2D eigenvalue weighted by atomic mass is 10.0. The molecule has 0 aromatic heterocycles. The molecule has 1 aliphatic rings. The first-order valence-corrected chi connectivity index (χ1v) is 15.9. The van der Waals surface area contributed by atoms with Gasteiger partial charge in [0.05, 0.1) is 25.9 Å². The maximum atomic E-state index is 14.2. The number of benzene rings is 2. The summed E-state index contributed by atoms with van der Waals surface area (Å²) in [6.07, 6.45) is 3.84. The van der Waals surface area contributed by atoms with Crippen LogP contribution < -0.4 is 15.8 Å². The number of nitrogens with two attached hydrogens (primary N) is 1. The number of hydrogen-bond acceptors (Lipinski definition) is 8. The zero-order valence-corrected chi connectivity index (χ0v) is 26.3. The molecule has 10 nitrogen and oxygen atoms in total. The first kappa shape index (κ1) is 35.0. The van der Waals surface area contributed by atoms with Gasteiger partial charge in [0.1, 0.15) is 5.75 Å². The molecule has 2 aromatic rings. The van der Waals surface area contributed by atoms with Crippen molar-refractivity contribution in [3.63, 3.8) is 0 Å². The van der Waals surface area contributed by atoms with E-state index in [9.17, 15) is 19.5 Å². The monoisotopic (exact) mass is 610 g/mol. The molecule has 44 heavy (non-hydrogen) atoms. The second-order valence-corrected chi connectivity index (χ2v) is 11.4. The van der Waals surface area contributed by atoms with Crippen LogP contribution in [0.4, 0.5) is 0 Å². The molecule has 0 bridgehead atoms. The van der Waals surface area contributed by atoms with Crippen molar-refractivity contribution in [3.05, 3.63) is 65.7 Å². The highest BCUT2D eigenvalue weighted by molar-refractivity contribution is 5.83. The molecule has 1 saturated heterocycles. The number of amides is 2. The van der Waals surface area contributed by atoms with E-state index < -0.39 is 18.2 Å². The fourth-order valence-corrected chi connectivity index (χ4v) is 5.45. The van der Waals surface area contributed by atoms with E-state index in [1.807, 2.05) is 59.5 Å². The zero-order valence-electron chi connectivity index (χ0n) is 26.3. The van der Waals surface area contributed by atoms with Crippen LogP contribution in [0.5, 0.6) is 5.75 Å². The molecule has 2 aromatic carbocycles. The fraction of sp³-hybridized carbons (Fsp3) is 0.559. The highest BCUT2D eigenvalue weighted by atomic mass is 16.5. The first-order chi connectivity index (χ1) is 21.3. The minimum atomic E-state index is -0.982. The standard InChI is InChI=1S/C34H50N4O6/c1-3-44-33(41)16-11-19-36-30(17-18-32(40)37-20-8-5-9-21-37)34(42)38(24-27-14-10-15-28(22-27)43-2)25-31(39)29(35)23-26-12-6-4-7-13-26/h4,6-7,10,12-15,22,29-31,36,39H,3,5,8-9,11,16-21,23-25,35H2,1-2H3/t29-,30+,31+/m0/s1. The summed E-state index contributed by atoms with van der Waals surface area (Å²) in [6.45, 7) is 4.23. The molecule has 0 unspecified atom stereocenters.